The highest BCUT2D eigenvalue weighted by molar-refractivity contribution is 5.96. The van der Waals surface area contributed by atoms with Crippen LogP contribution in [0.5, 0.6) is 0 Å². The highest BCUT2D eigenvalue weighted by Gasteiger charge is 2.17. The van der Waals surface area contributed by atoms with Gasteiger partial charge in [0.2, 0.25) is 5.91 Å². The summed E-state index contributed by atoms with van der Waals surface area (Å²) < 4.78 is 4.56. The van der Waals surface area contributed by atoms with E-state index in [0.29, 0.717) is 6.54 Å². The van der Waals surface area contributed by atoms with E-state index in [1.54, 1.807) is 0 Å². The molecule has 1 atom stereocenters. The van der Waals surface area contributed by atoms with Crippen molar-refractivity contribution in [2.24, 2.45) is 0 Å². The molecule has 0 bridgehead atoms. The maximum absolute atomic E-state index is 11.4. The minimum atomic E-state index is -1.16. The molecule has 0 spiro atoms. The van der Waals surface area contributed by atoms with Gasteiger partial charge in [-0.05, 0) is 0 Å². The zero-order valence-corrected chi connectivity index (χ0v) is 9.90. The summed E-state index contributed by atoms with van der Waals surface area (Å²) in [6, 6.07) is 0.00601. The fourth-order valence-electron chi connectivity index (χ4n) is 1.55. The van der Waals surface area contributed by atoms with Crippen molar-refractivity contribution in [3.63, 3.8) is 0 Å². The van der Waals surface area contributed by atoms with E-state index in [9.17, 15) is 14.4 Å². The number of rotatable bonds is 6. The Labute approximate surface area is 104 Å². The van der Waals surface area contributed by atoms with E-state index in [0.717, 1.165) is 13.1 Å². The van der Waals surface area contributed by atoms with Gasteiger partial charge in [0.05, 0.1) is 0 Å². The number of imide groups is 1. The molecule has 0 aromatic heterocycles. The van der Waals surface area contributed by atoms with E-state index in [2.05, 4.69) is 20.7 Å². The third-order valence-corrected chi connectivity index (χ3v) is 2.29. The monoisotopic (exact) mass is 259 g/mol. The second kappa shape index (κ2) is 7.75. The predicted molar refractivity (Wildman–Crippen MR) is 60.9 cm³/mol. The number of aliphatic carboxylic acids is 1. The maximum Gasteiger partial charge on any atom is 0.329 e. The second-order valence-electron chi connectivity index (χ2n) is 3.92. The average Bonchev–Trinajstić information content (AvgIpc) is 2.29. The number of hydrogen-bond donors (Lipinski definition) is 4. The average molecular weight is 259 g/mol. The molecule has 1 saturated heterocycles. The molecule has 1 heterocycles. The van der Waals surface area contributed by atoms with Crippen molar-refractivity contribution >= 4 is 17.8 Å². The Morgan fingerprint density at radius 1 is 1.22 bits per heavy atom. The standard InChI is InChI=1S/C10H17N3O5/c14-8(3-7-4-11-1-2-12-7)13-9(15)5-18-6-10(16)17/h7,11-12H,1-6H2,(H,16,17)(H,13,14,15). The van der Waals surface area contributed by atoms with E-state index in [-0.39, 0.29) is 12.5 Å². The zero-order valence-electron chi connectivity index (χ0n) is 9.90. The van der Waals surface area contributed by atoms with Crippen LogP contribution in [0.1, 0.15) is 6.42 Å². The second-order valence-corrected chi connectivity index (χ2v) is 3.92. The van der Waals surface area contributed by atoms with Crippen molar-refractivity contribution in [3.8, 4) is 0 Å². The lowest BCUT2D eigenvalue weighted by molar-refractivity contribution is -0.143. The molecule has 102 valence electrons. The SMILES string of the molecule is O=C(O)COCC(=O)NC(=O)CC1CNCCN1. The van der Waals surface area contributed by atoms with Gasteiger partial charge in [-0.25, -0.2) is 4.79 Å². The van der Waals surface area contributed by atoms with Gasteiger partial charge in [0.25, 0.3) is 5.91 Å². The van der Waals surface area contributed by atoms with Gasteiger partial charge in [0.15, 0.2) is 0 Å². The summed E-state index contributed by atoms with van der Waals surface area (Å²) in [4.78, 5) is 32.8. The van der Waals surface area contributed by atoms with Crippen LogP contribution in [0.15, 0.2) is 0 Å². The van der Waals surface area contributed by atoms with Crippen molar-refractivity contribution in [2.45, 2.75) is 12.5 Å². The Hall–Kier alpha value is -1.51. The van der Waals surface area contributed by atoms with Crippen LogP contribution in [0.4, 0.5) is 0 Å². The van der Waals surface area contributed by atoms with E-state index >= 15 is 0 Å². The van der Waals surface area contributed by atoms with Gasteiger partial charge in [-0.3, -0.25) is 14.9 Å². The van der Waals surface area contributed by atoms with Crippen LogP contribution in [0.3, 0.4) is 0 Å². The largest absolute Gasteiger partial charge is 0.480 e. The van der Waals surface area contributed by atoms with Gasteiger partial charge in [0, 0.05) is 32.1 Å². The van der Waals surface area contributed by atoms with Gasteiger partial charge in [-0.2, -0.15) is 0 Å². The number of carbonyl (C=O) groups excluding carboxylic acids is 2. The van der Waals surface area contributed by atoms with Crippen molar-refractivity contribution in [1.82, 2.24) is 16.0 Å². The van der Waals surface area contributed by atoms with Gasteiger partial charge in [-0.15, -0.1) is 0 Å². The van der Waals surface area contributed by atoms with Crippen LogP contribution in [0, 0.1) is 0 Å². The maximum atomic E-state index is 11.4. The van der Waals surface area contributed by atoms with Crippen molar-refractivity contribution in [1.29, 1.82) is 0 Å². The summed E-state index contributed by atoms with van der Waals surface area (Å²) in [5, 5.41) is 16.7. The summed E-state index contributed by atoms with van der Waals surface area (Å²) in [7, 11) is 0. The predicted octanol–water partition coefficient (Wildman–Crippen LogP) is -2.32. The van der Waals surface area contributed by atoms with Crippen LogP contribution in [-0.4, -0.2) is 61.8 Å². The molecule has 0 aromatic carbocycles. The minimum absolute atomic E-state index is 0.00601. The summed E-state index contributed by atoms with van der Waals surface area (Å²) >= 11 is 0. The summed E-state index contributed by atoms with van der Waals surface area (Å²) in [5.74, 6) is -2.20. The first-order chi connectivity index (χ1) is 8.58. The van der Waals surface area contributed by atoms with E-state index in [4.69, 9.17) is 5.11 Å². The Balaban J connectivity index is 2.14. The number of piperazine rings is 1. The molecule has 0 aliphatic carbocycles. The normalized spacial score (nSPS) is 19.2. The molecule has 1 aliphatic heterocycles. The van der Waals surface area contributed by atoms with E-state index in [1.807, 2.05) is 0 Å². The summed E-state index contributed by atoms with van der Waals surface area (Å²) in [6.45, 7) is 1.33. The van der Waals surface area contributed by atoms with E-state index in [1.165, 1.54) is 0 Å². The van der Waals surface area contributed by atoms with Crippen LogP contribution < -0.4 is 16.0 Å². The molecular weight excluding hydrogens is 242 g/mol. The zero-order chi connectivity index (χ0) is 13.4. The number of carboxylic acid groups (broad SMARTS) is 1. The van der Waals surface area contributed by atoms with Gasteiger partial charge in [0.1, 0.15) is 13.2 Å². The molecule has 8 nitrogen and oxygen atoms in total. The third kappa shape index (κ3) is 6.28. The molecule has 0 radical (unpaired) electrons. The molecular formula is C10H17N3O5. The Bertz CT molecular complexity index is 315. The van der Waals surface area contributed by atoms with Crippen LogP contribution in [0.2, 0.25) is 0 Å². The van der Waals surface area contributed by atoms with Gasteiger partial charge < -0.3 is 20.5 Å². The van der Waals surface area contributed by atoms with Crippen molar-refractivity contribution in [2.75, 3.05) is 32.8 Å². The lowest BCUT2D eigenvalue weighted by Gasteiger charge is -2.23. The molecule has 0 aromatic rings. The smallest absolute Gasteiger partial charge is 0.329 e. The first kappa shape index (κ1) is 14.6. The number of nitrogens with one attached hydrogen (secondary N) is 3. The molecule has 0 saturated carbocycles. The lowest BCUT2D eigenvalue weighted by atomic mass is 10.1. The molecule has 1 unspecified atom stereocenters. The van der Waals surface area contributed by atoms with Gasteiger partial charge in [-0.1, -0.05) is 0 Å². The molecule has 18 heavy (non-hydrogen) atoms. The number of amides is 2. The fourth-order valence-corrected chi connectivity index (χ4v) is 1.55. The van der Waals surface area contributed by atoms with Crippen molar-refractivity contribution in [3.05, 3.63) is 0 Å². The minimum Gasteiger partial charge on any atom is -0.480 e. The Morgan fingerprint density at radius 2 is 2.00 bits per heavy atom. The molecule has 2 amide bonds. The number of ether oxygens (including phenoxy) is 1. The number of carbonyl (C=O) groups is 3. The fraction of sp³-hybridized carbons (Fsp3) is 0.700. The third-order valence-electron chi connectivity index (χ3n) is 2.29. The highest BCUT2D eigenvalue weighted by atomic mass is 16.5. The molecule has 1 rings (SSSR count). The molecule has 1 aliphatic rings. The summed E-state index contributed by atoms with van der Waals surface area (Å²) in [6.07, 6.45) is 0.192. The Kier molecular flexibility index (Phi) is 6.26. The first-order valence-electron chi connectivity index (χ1n) is 5.64. The highest BCUT2D eigenvalue weighted by Crippen LogP contribution is 1.94. The van der Waals surface area contributed by atoms with Crippen molar-refractivity contribution < 1.29 is 24.2 Å². The number of carboxylic acids is 1. The number of hydrogen-bond acceptors (Lipinski definition) is 6. The topological polar surface area (TPSA) is 117 Å². The quantitative estimate of drug-likeness (QED) is 0.423. The molecule has 4 N–H and O–H groups in total. The van der Waals surface area contributed by atoms with Gasteiger partial charge >= 0.3 is 5.97 Å². The van der Waals surface area contributed by atoms with Crippen LogP contribution >= 0.6 is 0 Å². The van der Waals surface area contributed by atoms with E-state index < -0.39 is 31.0 Å². The van der Waals surface area contributed by atoms with Crippen LogP contribution in [0.25, 0.3) is 0 Å². The Morgan fingerprint density at radius 3 is 2.61 bits per heavy atom. The first-order valence-corrected chi connectivity index (χ1v) is 5.64. The molecule has 1 fully saturated rings. The summed E-state index contributed by atoms with van der Waals surface area (Å²) in [5.41, 5.74) is 0. The van der Waals surface area contributed by atoms with Crippen LogP contribution in [-0.2, 0) is 19.1 Å². The molecule has 8 heteroatoms. The lowest BCUT2D eigenvalue weighted by Crippen LogP contribution is -2.50.